The van der Waals surface area contributed by atoms with Crippen molar-refractivity contribution in [3.8, 4) is 0 Å². The largest absolute Gasteiger partial charge is 0.459 e. The van der Waals surface area contributed by atoms with Crippen molar-refractivity contribution in [3.05, 3.63) is 58.1 Å². The first-order chi connectivity index (χ1) is 15.1. The van der Waals surface area contributed by atoms with Crippen molar-refractivity contribution in [2.45, 2.75) is 39.7 Å². The van der Waals surface area contributed by atoms with E-state index in [4.69, 9.17) is 9.47 Å². The Morgan fingerprint density at radius 1 is 0.938 bits per heavy atom. The highest BCUT2D eigenvalue weighted by Gasteiger charge is 2.13. The van der Waals surface area contributed by atoms with Gasteiger partial charge >= 0.3 is 11.9 Å². The van der Waals surface area contributed by atoms with Gasteiger partial charge in [0.15, 0.2) is 6.61 Å². The first kappa shape index (κ1) is 25.1. The lowest BCUT2D eigenvalue weighted by atomic mass is 10.2. The van der Waals surface area contributed by atoms with Crippen molar-refractivity contribution in [2.75, 3.05) is 17.2 Å². The van der Waals surface area contributed by atoms with Crippen LogP contribution in [0.1, 0.15) is 42.6 Å². The fourth-order valence-corrected chi connectivity index (χ4v) is 3.06. The zero-order valence-corrected chi connectivity index (χ0v) is 19.7. The van der Waals surface area contributed by atoms with E-state index < -0.39 is 30.4 Å². The highest BCUT2D eigenvalue weighted by molar-refractivity contribution is 9.10. The summed E-state index contributed by atoms with van der Waals surface area (Å²) in [6.45, 7) is 4.92. The summed E-state index contributed by atoms with van der Waals surface area (Å²) in [7, 11) is 0. The number of esters is 2. The van der Waals surface area contributed by atoms with Crippen LogP contribution in [0.15, 0.2) is 46.9 Å². The highest BCUT2D eigenvalue weighted by atomic mass is 79.9. The van der Waals surface area contributed by atoms with Gasteiger partial charge in [-0.1, -0.05) is 15.9 Å². The van der Waals surface area contributed by atoms with Crippen molar-refractivity contribution in [2.24, 2.45) is 0 Å². The maximum atomic E-state index is 12.0. The van der Waals surface area contributed by atoms with Gasteiger partial charge in [-0.25, -0.2) is 4.79 Å². The highest BCUT2D eigenvalue weighted by Crippen LogP contribution is 2.20. The van der Waals surface area contributed by atoms with Gasteiger partial charge in [-0.2, -0.15) is 0 Å². The number of hydrogen-bond donors (Lipinski definition) is 2. The molecule has 2 aromatic carbocycles. The Labute approximate surface area is 194 Å². The molecule has 0 atom stereocenters. The monoisotopic (exact) mass is 504 g/mol. The van der Waals surface area contributed by atoms with Gasteiger partial charge in [0.25, 0.3) is 5.91 Å². The molecular formula is C23H25BrN2O6. The molecule has 0 aromatic heterocycles. The summed E-state index contributed by atoms with van der Waals surface area (Å²) >= 11 is 3.35. The Bertz CT molecular complexity index is 988. The zero-order chi connectivity index (χ0) is 23.7. The molecule has 9 heteroatoms. The molecule has 0 saturated heterocycles. The van der Waals surface area contributed by atoms with E-state index >= 15 is 0 Å². The molecule has 2 N–H and O–H groups in total. The molecule has 0 aliphatic heterocycles. The van der Waals surface area contributed by atoms with Gasteiger partial charge in [0.1, 0.15) is 0 Å². The molecule has 32 heavy (non-hydrogen) atoms. The summed E-state index contributed by atoms with van der Waals surface area (Å²) in [5.74, 6) is -1.96. The molecule has 0 bridgehead atoms. The normalized spacial score (nSPS) is 10.4. The van der Waals surface area contributed by atoms with Crippen molar-refractivity contribution < 1.29 is 28.7 Å². The minimum absolute atomic E-state index is 0.108. The van der Waals surface area contributed by atoms with Crippen LogP contribution in [0.4, 0.5) is 11.4 Å². The standard InChI is InChI=1S/C23H25BrN2O6/c1-14(2)32-23(30)16-4-7-18(8-5-16)25-20(27)10-11-22(29)31-13-21(28)26-19-9-6-17(24)12-15(19)3/h4-9,12,14H,10-11,13H2,1-3H3,(H,25,27)(H,26,28). The number of halogens is 1. The smallest absolute Gasteiger partial charge is 0.338 e. The van der Waals surface area contributed by atoms with Gasteiger partial charge < -0.3 is 20.1 Å². The maximum absolute atomic E-state index is 12.0. The van der Waals surface area contributed by atoms with Crippen LogP contribution in [0.5, 0.6) is 0 Å². The van der Waals surface area contributed by atoms with E-state index in [9.17, 15) is 19.2 Å². The summed E-state index contributed by atoms with van der Waals surface area (Å²) in [5, 5.41) is 5.29. The number of anilines is 2. The minimum Gasteiger partial charge on any atom is -0.459 e. The third kappa shape index (κ3) is 8.50. The Morgan fingerprint density at radius 3 is 2.25 bits per heavy atom. The Balaban J connectivity index is 1.71. The molecule has 170 valence electrons. The quantitative estimate of drug-likeness (QED) is 0.494. The molecule has 8 nitrogen and oxygen atoms in total. The molecule has 2 aromatic rings. The lowest BCUT2D eigenvalue weighted by Crippen LogP contribution is -2.22. The molecule has 0 spiro atoms. The predicted molar refractivity (Wildman–Crippen MR) is 123 cm³/mol. The second-order valence-corrected chi connectivity index (χ2v) is 8.16. The number of aryl methyl sites for hydroxylation is 1. The molecular weight excluding hydrogens is 480 g/mol. The fourth-order valence-electron chi connectivity index (χ4n) is 2.58. The predicted octanol–water partition coefficient (Wildman–Crippen LogP) is 4.22. The van der Waals surface area contributed by atoms with Gasteiger partial charge in [0.05, 0.1) is 18.1 Å². The van der Waals surface area contributed by atoms with Crippen LogP contribution in [-0.2, 0) is 23.9 Å². The molecule has 0 radical (unpaired) electrons. The van der Waals surface area contributed by atoms with Gasteiger partial charge in [-0.15, -0.1) is 0 Å². The number of hydrogen-bond acceptors (Lipinski definition) is 6. The molecule has 2 rings (SSSR count). The van der Waals surface area contributed by atoms with Gasteiger partial charge in [-0.05, 0) is 68.8 Å². The Hall–Kier alpha value is -3.20. The van der Waals surface area contributed by atoms with Crippen LogP contribution in [-0.4, -0.2) is 36.5 Å². The lowest BCUT2D eigenvalue weighted by molar-refractivity contribution is -0.147. The van der Waals surface area contributed by atoms with Crippen LogP contribution >= 0.6 is 15.9 Å². The minimum atomic E-state index is -0.658. The number of nitrogens with one attached hydrogen (secondary N) is 2. The van der Waals surface area contributed by atoms with E-state index in [2.05, 4.69) is 26.6 Å². The second-order valence-electron chi connectivity index (χ2n) is 7.25. The molecule has 0 unspecified atom stereocenters. The Morgan fingerprint density at radius 2 is 1.62 bits per heavy atom. The van der Waals surface area contributed by atoms with E-state index in [-0.39, 0.29) is 18.9 Å². The van der Waals surface area contributed by atoms with E-state index in [1.807, 2.05) is 13.0 Å². The van der Waals surface area contributed by atoms with Crippen LogP contribution in [0.25, 0.3) is 0 Å². The molecule has 0 aliphatic rings. The topological polar surface area (TPSA) is 111 Å². The van der Waals surface area contributed by atoms with E-state index in [1.54, 1.807) is 50.2 Å². The first-order valence-corrected chi connectivity index (χ1v) is 10.8. The average Bonchev–Trinajstić information content (AvgIpc) is 2.73. The molecule has 2 amide bonds. The average molecular weight is 505 g/mol. The summed E-state index contributed by atoms with van der Waals surface area (Å²) in [4.78, 5) is 47.6. The number of carbonyl (C=O) groups excluding carboxylic acids is 4. The third-order valence-corrected chi connectivity index (χ3v) is 4.62. The van der Waals surface area contributed by atoms with Crippen LogP contribution in [0.3, 0.4) is 0 Å². The summed E-state index contributed by atoms with van der Waals surface area (Å²) < 4.78 is 10.9. The molecule has 0 heterocycles. The number of amides is 2. The first-order valence-electron chi connectivity index (χ1n) is 9.96. The van der Waals surface area contributed by atoms with Crippen LogP contribution < -0.4 is 10.6 Å². The lowest BCUT2D eigenvalue weighted by Gasteiger charge is -2.10. The molecule has 0 saturated carbocycles. The maximum Gasteiger partial charge on any atom is 0.338 e. The van der Waals surface area contributed by atoms with Crippen molar-refractivity contribution in [1.29, 1.82) is 0 Å². The summed E-state index contributed by atoms with van der Waals surface area (Å²) in [6.07, 6.45) is -0.504. The van der Waals surface area contributed by atoms with Crippen molar-refractivity contribution in [1.82, 2.24) is 0 Å². The number of carbonyl (C=O) groups is 4. The fraction of sp³-hybridized carbons (Fsp3) is 0.304. The van der Waals surface area contributed by atoms with E-state index in [0.29, 0.717) is 16.9 Å². The summed E-state index contributed by atoms with van der Waals surface area (Å²) in [6, 6.07) is 11.6. The van der Waals surface area contributed by atoms with Crippen LogP contribution in [0.2, 0.25) is 0 Å². The SMILES string of the molecule is Cc1cc(Br)ccc1NC(=O)COC(=O)CCC(=O)Nc1ccc(C(=O)OC(C)C)cc1. The van der Waals surface area contributed by atoms with Crippen molar-refractivity contribution in [3.63, 3.8) is 0 Å². The van der Waals surface area contributed by atoms with Crippen LogP contribution in [0, 0.1) is 6.92 Å². The summed E-state index contributed by atoms with van der Waals surface area (Å²) in [5.41, 5.74) is 2.34. The number of benzene rings is 2. The molecule has 0 fully saturated rings. The zero-order valence-electron chi connectivity index (χ0n) is 18.1. The second kappa shape index (κ2) is 12.0. The number of rotatable bonds is 9. The number of ether oxygens (including phenoxy) is 2. The van der Waals surface area contributed by atoms with E-state index in [1.165, 1.54) is 0 Å². The van der Waals surface area contributed by atoms with Gasteiger partial charge in [-0.3, -0.25) is 14.4 Å². The molecule has 0 aliphatic carbocycles. The van der Waals surface area contributed by atoms with Crippen molar-refractivity contribution >= 4 is 51.1 Å². The van der Waals surface area contributed by atoms with E-state index in [0.717, 1.165) is 10.0 Å². The third-order valence-electron chi connectivity index (χ3n) is 4.13. The Kier molecular flexibility index (Phi) is 9.39. The van der Waals surface area contributed by atoms with Gasteiger partial charge in [0, 0.05) is 22.3 Å². The van der Waals surface area contributed by atoms with Gasteiger partial charge in [0.2, 0.25) is 5.91 Å².